The first-order valence-electron chi connectivity index (χ1n) is 11.0. The molecule has 1 aromatic carbocycles. The quantitative estimate of drug-likeness (QED) is 0.580. The molecule has 0 aromatic heterocycles. The van der Waals surface area contributed by atoms with Crippen LogP contribution in [0.25, 0.3) is 0 Å². The summed E-state index contributed by atoms with van der Waals surface area (Å²) < 4.78 is 0. The zero-order chi connectivity index (χ0) is 22.7. The highest BCUT2D eigenvalue weighted by Gasteiger charge is 2.56. The maximum absolute atomic E-state index is 13.5. The number of hydrogen-bond acceptors (Lipinski definition) is 4. The molecule has 0 bridgehead atoms. The van der Waals surface area contributed by atoms with E-state index in [1.807, 2.05) is 51.1 Å². The number of nitrogens with one attached hydrogen (secondary N) is 2. The summed E-state index contributed by atoms with van der Waals surface area (Å²) in [5.74, 6) is -2.14. The lowest BCUT2D eigenvalue weighted by molar-refractivity contribution is -0.140. The van der Waals surface area contributed by atoms with E-state index in [2.05, 4.69) is 10.6 Å². The highest BCUT2D eigenvalue weighted by Crippen LogP contribution is 2.45. The van der Waals surface area contributed by atoms with Gasteiger partial charge in [0.15, 0.2) is 0 Å². The second kappa shape index (κ2) is 9.64. The number of aliphatic hydroxyl groups is 1. The third-order valence-corrected chi connectivity index (χ3v) is 6.61. The molecule has 1 fully saturated rings. The lowest BCUT2D eigenvalue weighted by Crippen LogP contribution is -2.45. The van der Waals surface area contributed by atoms with Gasteiger partial charge in [0.1, 0.15) is 6.04 Å². The van der Waals surface area contributed by atoms with E-state index < -0.39 is 17.9 Å². The first-order valence-corrected chi connectivity index (χ1v) is 11.0. The molecular formula is C24H33N3O4. The van der Waals surface area contributed by atoms with E-state index in [1.54, 1.807) is 11.9 Å². The maximum atomic E-state index is 13.5. The lowest BCUT2D eigenvalue weighted by atomic mass is 9.69. The summed E-state index contributed by atoms with van der Waals surface area (Å²) in [5, 5.41) is 15.1. The number of amides is 3. The number of carbonyl (C=O) groups is 3. The number of anilines is 1. The third-order valence-electron chi connectivity index (χ3n) is 6.61. The average molecular weight is 428 g/mol. The van der Waals surface area contributed by atoms with Crippen molar-refractivity contribution >= 4 is 23.4 Å². The summed E-state index contributed by atoms with van der Waals surface area (Å²) in [6.45, 7) is 6.09. The van der Waals surface area contributed by atoms with E-state index in [4.69, 9.17) is 0 Å². The molecule has 0 unspecified atom stereocenters. The van der Waals surface area contributed by atoms with Gasteiger partial charge in [-0.3, -0.25) is 14.4 Å². The predicted molar refractivity (Wildman–Crippen MR) is 119 cm³/mol. The molecule has 1 aliphatic heterocycles. The summed E-state index contributed by atoms with van der Waals surface area (Å²) in [4.78, 5) is 41.2. The summed E-state index contributed by atoms with van der Waals surface area (Å²) in [6.07, 6.45) is 5.05. The molecule has 5 atom stereocenters. The molecule has 0 saturated carbocycles. The number of allylic oxidation sites excluding steroid dienone is 1. The van der Waals surface area contributed by atoms with Gasteiger partial charge in [0.05, 0.1) is 11.8 Å². The van der Waals surface area contributed by atoms with Crippen LogP contribution in [0.15, 0.2) is 30.4 Å². The minimum atomic E-state index is -0.717. The monoisotopic (exact) mass is 427 g/mol. The van der Waals surface area contributed by atoms with Gasteiger partial charge in [0.25, 0.3) is 0 Å². The SMILES string of the molecule is CC[C@@H]1C=C[C@H]2[C@@H](C(=O)N(CCCO)[C@@H]2C(=O)Nc2cc(C)ccc2C)[C@@H]1C(=O)NC. The van der Waals surface area contributed by atoms with E-state index in [0.717, 1.165) is 23.2 Å². The molecule has 1 heterocycles. The minimum absolute atomic E-state index is 0.0503. The van der Waals surface area contributed by atoms with E-state index in [1.165, 1.54) is 0 Å². The minimum Gasteiger partial charge on any atom is -0.396 e. The number of benzene rings is 1. The Morgan fingerprint density at radius 1 is 1.16 bits per heavy atom. The second-order valence-electron chi connectivity index (χ2n) is 8.56. The van der Waals surface area contributed by atoms with Crippen molar-refractivity contribution in [3.63, 3.8) is 0 Å². The molecule has 3 amide bonds. The number of aliphatic hydroxyl groups excluding tert-OH is 1. The Morgan fingerprint density at radius 2 is 1.90 bits per heavy atom. The Bertz CT molecular complexity index is 882. The smallest absolute Gasteiger partial charge is 0.247 e. The van der Waals surface area contributed by atoms with E-state index >= 15 is 0 Å². The number of rotatable bonds is 7. The molecule has 7 heteroatoms. The third kappa shape index (κ3) is 4.37. The number of likely N-dealkylation sites (tertiary alicyclic amines) is 1. The van der Waals surface area contributed by atoms with Crippen LogP contribution in [-0.4, -0.2) is 54.0 Å². The van der Waals surface area contributed by atoms with E-state index in [-0.39, 0.29) is 42.7 Å². The predicted octanol–water partition coefficient (Wildman–Crippen LogP) is 2.03. The van der Waals surface area contributed by atoms with Crippen LogP contribution in [0.2, 0.25) is 0 Å². The van der Waals surface area contributed by atoms with Crippen molar-refractivity contribution < 1.29 is 19.5 Å². The standard InChI is InChI=1S/C24H33N3O4/c1-5-16-9-10-17-20(19(16)22(29)25-4)24(31)27(11-6-12-28)21(17)23(30)26-18-13-14(2)7-8-15(18)3/h7-10,13,16-17,19-21,28H,5-6,11-12H2,1-4H3,(H,25,29)(H,26,30)/t16-,17+,19-,20-,21+/m1/s1. The van der Waals surface area contributed by atoms with Gasteiger partial charge < -0.3 is 20.6 Å². The zero-order valence-corrected chi connectivity index (χ0v) is 18.7. The molecule has 0 spiro atoms. The summed E-state index contributed by atoms with van der Waals surface area (Å²) in [6, 6.07) is 5.13. The Labute approximate surface area is 183 Å². The van der Waals surface area contributed by atoms with Crippen molar-refractivity contribution in [3.8, 4) is 0 Å². The van der Waals surface area contributed by atoms with Crippen LogP contribution in [0, 0.1) is 37.5 Å². The molecule has 0 radical (unpaired) electrons. The molecule has 3 N–H and O–H groups in total. The van der Waals surface area contributed by atoms with Gasteiger partial charge in [-0.2, -0.15) is 0 Å². The van der Waals surface area contributed by atoms with Crippen molar-refractivity contribution in [3.05, 3.63) is 41.5 Å². The van der Waals surface area contributed by atoms with Gasteiger partial charge in [0, 0.05) is 31.8 Å². The summed E-state index contributed by atoms with van der Waals surface area (Å²) >= 11 is 0. The molecular weight excluding hydrogens is 394 g/mol. The molecule has 2 aliphatic rings. The lowest BCUT2D eigenvalue weighted by Gasteiger charge is -2.33. The molecule has 1 aromatic rings. The van der Waals surface area contributed by atoms with Crippen molar-refractivity contribution in [1.82, 2.24) is 10.2 Å². The van der Waals surface area contributed by atoms with Crippen LogP contribution >= 0.6 is 0 Å². The van der Waals surface area contributed by atoms with Gasteiger partial charge >= 0.3 is 0 Å². The fraction of sp³-hybridized carbons (Fsp3) is 0.542. The second-order valence-corrected chi connectivity index (χ2v) is 8.56. The molecule has 168 valence electrons. The van der Waals surface area contributed by atoms with Gasteiger partial charge in [-0.15, -0.1) is 0 Å². The number of nitrogens with zero attached hydrogens (tertiary/aromatic N) is 1. The van der Waals surface area contributed by atoms with Crippen LogP contribution in [0.5, 0.6) is 0 Å². The van der Waals surface area contributed by atoms with Gasteiger partial charge in [-0.05, 0) is 49.8 Å². The number of fused-ring (bicyclic) bond motifs is 1. The molecule has 7 nitrogen and oxygen atoms in total. The van der Waals surface area contributed by atoms with Gasteiger partial charge in [-0.25, -0.2) is 0 Å². The van der Waals surface area contributed by atoms with Crippen molar-refractivity contribution in [2.75, 3.05) is 25.5 Å². The highest BCUT2D eigenvalue weighted by molar-refractivity contribution is 6.02. The molecule has 1 saturated heterocycles. The average Bonchev–Trinajstić information content (AvgIpc) is 3.05. The molecule has 1 aliphatic carbocycles. The topological polar surface area (TPSA) is 98.7 Å². The molecule has 31 heavy (non-hydrogen) atoms. The van der Waals surface area contributed by atoms with Crippen LogP contribution in [0.1, 0.15) is 30.9 Å². The van der Waals surface area contributed by atoms with Crippen molar-refractivity contribution in [2.24, 2.45) is 23.7 Å². The van der Waals surface area contributed by atoms with E-state index in [9.17, 15) is 19.5 Å². The highest BCUT2D eigenvalue weighted by atomic mass is 16.3. The zero-order valence-electron chi connectivity index (χ0n) is 18.7. The molecule has 3 rings (SSSR count). The Morgan fingerprint density at radius 3 is 2.55 bits per heavy atom. The number of hydrogen-bond donors (Lipinski definition) is 3. The van der Waals surface area contributed by atoms with Gasteiger partial charge in [0.2, 0.25) is 17.7 Å². The summed E-state index contributed by atoms with van der Waals surface area (Å²) in [5.41, 5.74) is 2.69. The van der Waals surface area contributed by atoms with Gasteiger partial charge in [-0.1, -0.05) is 31.2 Å². The van der Waals surface area contributed by atoms with Crippen LogP contribution in [0.4, 0.5) is 5.69 Å². The summed E-state index contributed by atoms with van der Waals surface area (Å²) in [7, 11) is 1.58. The fourth-order valence-corrected chi connectivity index (χ4v) is 4.97. The normalized spacial score (nSPS) is 27.2. The van der Waals surface area contributed by atoms with Crippen LogP contribution < -0.4 is 10.6 Å². The van der Waals surface area contributed by atoms with Crippen molar-refractivity contribution in [1.29, 1.82) is 0 Å². The first kappa shape index (κ1) is 23.0. The maximum Gasteiger partial charge on any atom is 0.247 e. The van der Waals surface area contributed by atoms with E-state index in [0.29, 0.717) is 6.42 Å². The Kier molecular flexibility index (Phi) is 7.15. The first-order chi connectivity index (χ1) is 14.8. The number of aryl methyl sites for hydroxylation is 2. The largest absolute Gasteiger partial charge is 0.396 e. The Balaban J connectivity index is 1.98. The fourth-order valence-electron chi connectivity index (χ4n) is 4.97. The Hall–Kier alpha value is -2.67. The van der Waals surface area contributed by atoms with Crippen molar-refractivity contribution in [2.45, 2.75) is 39.7 Å². The van der Waals surface area contributed by atoms with Crippen LogP contribution in [-0.2, 0) is 14.4 Å². The number of carbonyl (C=O) groups excluding carboxylic acids is 3. The van der Waals surface area contributed by atoms with Crippen LogP contribution in [0.3, 0.4) is 0 Å².